The molecule has 0 saturated carbocycles. The Bertz CT molecular complexity index is 466. The first-order valence-corrected chi connectivity index (χ1v) is 5.50. The van der Waals surface area contributed by atoms with E-state index >= 15 is 0 Å². The van der Waals surface area contributed by atoms with E-state index < -0.39 is 0 Å². The minimum Gasteiger partial charge on any atom is -0.459 e. The van der Waals surface area contributed by atoms with Crippen LogP contribution in [0, 0.1) is 0 Å². The molecule has 0 spiro atoms. The minimum absolute atomic E-state index is 0.0222. The molecule has 0 amide bonds. The van der Waals surface area contributed by atoms with Gasteiger partial charge in [0.05, 0.1) is 0 Å². The fourth-order valence-electron chi connectivity index (χ4n) is 1.10. The summed E-state index contributed by atoms with van der Waals surface area (Å²) < 4.78 is 6.38. The Balaban J connectivity index is 1.81. The van der Waals surface area contributed by atoms with Crippen LogP contribution in [0.4, 0.5) is 5.95 Å². The maximum atomic E-state index is 11.4. The number of carbonyl (C=O) groups is 1. The average Bonchev–Trinajstić information content (AvgIpc) is 2.87. The summed E-state index contributed by atoms with van der Waals surface area (Å²) in [6.07, 6.45) is 1.39. The zero-order valence-corrected chi connectivity index (χ0v) is 9.18. The van der Waals surface area contributed by atoms with E-state index in [0.717, 1.165) is 5.56 Å². The zero-order chi connectivity index (χ0) is 11.4. The van der Waals surface area contributed by atoms with Gasteiger partial charge >= 0.3 is 5.97 Å². The molecular weight excluding hydrogens is 228 g/mol. The van der Waals surface area contributed by atoms with Crippen molar-refractivity contribution in [3.63, 3.8) is 0 Å². The van der Waals surface area contributed by atoms with Crippen LogP contribution in [-0.4, -0.2) is 20.7 Å². The summed E-state index contributed by atoms with van der Waals surface area (Å²) in [5.74, 6) is -0.221. The molecule has 0 unspecified atom stereocenters. The third-order valence-corrected chi connectivity index (χ3v) is 2.56. The van der Waals surface area contributed by atoms with Crippen LogP contribution in [0.25, 0.3) is 0 Å². The smallest absolute Gasteiger partial charge is 0.328 e. The first-order valence-electron chi connectivity index (χ1n) is 4.55. The molecule has 7 heteroatoms. The van der Waals surface area contributed by atoms with Gasteiger partial charge in [0.25, 0.3) is 0 Å². The van der Waals surface area contributed by atoms with Gasteiger partial charge in [-0.1, -0.05) is 0 Å². The van der Waals surface area contributed by atoms with Crippen molar-refractivity contribution in [3.05, 3.63) is 28.7 Å². The van der Waals surface area contributed by atoms with E-state index in [9.17, 15) is 4.79 Å². The lowest BCUT2D eigenvalue weighted by Crippen LogP contribution is -2.13. The Kier molecular flexibility index (Phi) is 3.16. The van der Waals surface area contributed by atoms with Crippen LogP contribution >= 0.6 is 11.3 Å². The Morgan fingerprint density at radius 2 is 2.50 bits per heavy atom. The van der Waals surface area contributed by atoms with Crippen molar-refractivity contribution in [2.24, 2.45) is 0 Å². The van der Waals surface area contributed by atoms with E-state index in [-0.39, 0.29) is 25.1 Å². The summed E-state index contributed by atoms with van der Waals surface area (Å²) in [5.41, 5.74) is 6.29. The monoisotopic (exact) mass is 238 g/mol. The number of hydrogen-bond donors (Lipinski definition) is 1. The standard InChI is InChI=1S/C9H10N4O2S/c10-9-11-6-13(12-9)3-8(14)15-4-7-1-2-16-5-7/h1-2,5-6H,3-4H2,(H2,10,12). The molecule has 16 heavy (non-hydrogen) atoms. The summed E-state index contributed by atoms with van der Waals surface area (Å²) in [5, 5.41) is 7.64. The van der Waals surface area contributed by atoms with Crippen LogP contribution in [0.3, 0.4) is 0 Å². The van der Waals surface area contributed by atoms with E-state index in [0.29, 0.717) is 0 Å². The summed E-state index contributed by atoms with van der Waals surface area (Å²) in [6, 6.07) is 1.91. The van der Waals surface area contributed by atoms with Crippen molar-refractivity contribution in [1.82, 2.24) is 14.8 Å². The number of anilines is 1. The lowest BCUT2D eigenvalue weighted by Gasteiger charge is -2.02. The van der Waals surface area contributed by atoms with Crippen molar-refractivity contribution in [2.45, 2.75) is 13.2 Å². The molecule has 0 aliphatic heterocycles. The topological polar surface area (TPSA) is 83.0 Å². The van der Waals surface area contributed by atoms with Crippen molar-refractivity contribution in [3.8, 4) is 0 Å². The van der Waals surface area contributed by atoms with E-state index in [2.05, 4.69) is 10.1 Å². The molecule has 2 N–H and O–H groups in total. The molecule has 6 nitrogen and oxygen atoms in total. The number of nitrogen functional groups attached to an aromatic ring is 1. The number of aromatic nitrogens is 3. The predicted octanol–water partition coefficient (Wildman–Crippen LogP) is 0.665. The molecular formula is C9H10N4O2S. The fourth-order valence-corrected chi connectivity index (χ4v) is 1.76. The summed E-state index contributed by atoms with van der Waals surface area (Å²) in [4.78, 5) is 15.1. The molecule has 0 atom stereocenters. The van der Waals surface area contributed by atoms with E-state index in [1.54, 1.807) is 11.3 Å². The van der Waals surface area contributed by atoms with Crippen LogP contribution in [-0.2, 0) is 22.7 Å². The molecule has 84 valence electrons. The third-order valence-electron chi connectivity index (χ3n) is 1.83. The second-order valence-corrected chi connectivity index (χ2v) is 3.87. The van der Waals surface area contributed by atoms with Crippen LogP contribution in [0.5, 0.6) is 0 Å². The van der Waals surface area contributed by atoms with Gasteiger partial charge in [0.15, 0.2) is 0 Å². The lowest BCUT2D eigenvalue weighted by molar-refractivity contribution is -0.145. The highest BCUT2D eigenvalue weighted by Crippen LogP contribution is 2.07. The summed E-state index contributed by atoms with van der Waals surface area (Å²) in [6.45, 7) is 0.306. The van der Waals surface area contributed by atoms with Crippen LogP contribution in [0.15, 0.2) is 23.2 Å². The van der Waals surface area contributed by atoms with Gasteiger partial charge in [0.1, 0.15) is 19.5 Å². The number of nitrogens with zero attached hydrogens (tertiary/aromatic N) is 3. The lowest BCUT2D eigenvalue weighted by atomic mass is 10.4. The van der Waals surface area contributed by atoms with Gasteiger partial charge in [-0.25, -0.2) is 9.67 Å². The van der Waals surface area contributed by atoms with E-state index in [1.807, 2.05) is 16.8 Å². The molecule has 0 aliphatic rings. The summed E-state index contributed by atoms with van der Waals surface area (Å²) in [7, 11) is 0. The van der Waals surface area contributed by atoms with Crippen molar-refractivity contribution < 1.29 is 9.53 Å². The van der Waals surface area contributed by atoms with Gasteiger partial charge in [0, 0.05) is 5.56 Å². The number of esters is 1. The molecule has 2 rings (SSSR count). The first kappa shape index (κ1) is 10.6. The largest absolute Gasteiger partial charge is 0.459 e. The number of nitrogens with two attached hydrogens (primary N) is 1. The molecule has 2 heterocycles. The van der Waals surface area contributed by atoms with Gasteiger partial charge in [-0.15, -0.1) is 5.10 Å². The molecule has 0 saturated heterocycles. The fraction of sp³-hybridized carbons (Fsp3) is 0.222. The predicted molar refractivity (Wildman–Crippen MR) is 58.5 cm³/mol. The first-order chi connectivity index (χ1) is 7.74. The SMILES string of the molecule is Nc1ncn(CC(=O)OCc2ccsc2)n1. The molecule has 0 aliphatic carbocycles. The molecule has 2 aromatic heterocycles. The number of ether oxygens (including phenoxy) is 1. The maximum Gasteiger partial charge on any atom is 0.328 e. The third kappa shape index (κ3) is 2.80. The number of carbonyl (C=O) groups excluding carboxylic acids is 1. The highest BCUT2D eigenvalue weighted by molar-refractivity contribution is 7.07. The van der Waals surface area contributed by atoms with Crippen molar-refractivity contribution >= 4 is 23.3 Å². The molecule has 0 radical (unpaired) electrons. The average molecular weight is 238 g/mol. The quantitative estimate of drug-likeness (QED) is 0.791. The van der Waals surface area contributed by atoms with E-state index in [4.69, 9.17) is 10.5 Å². The minimum atomic E-state index is -0.365. The Hall–Kier alpha value is -1.89. The van der Waals surface area contributed by atoms with Gasteiger partial charge in [-0.2, -0.15) is 11.3 Å². The zero-order valence-electron chi connectivity index (χ0n) is 8.37. The van der Waals surface area contributed by atoms with Gasteiger partial charge in [-0.05, 0) is 16.8 Å². The van der Waals surface area contributed by atoms with Crippen molar-refractivity contribution in [1.29, 1.82) is 0 Å². The summed E-state index contributed by atoms with van der Waals surface area (Å²) >= 11 is 1.56. The number of thiophene rings is 1. The van der Waals surface area contributed by atoms with Crippen LogP contribution in [0.2, 0.25) is 0 Å². The van der Waals surface area contributed by atoms with E-state index in [1.165, 1.54) is 11.0 Å². The molecule has 0 aromatic carbocycles. The van der Waals surface area contributed by atoms with Gasteiger partial charge < -0.3 is 10.5 Å². The maximum absolute atomic E-state index is 11.4. The molecule has 0 bridgehead atoms. The molecule has 0 fully saturated rings. The Morgan fingerprint density at radius 1 is 1.62 bits per heavy atom. The second kappa shape index (κ2) is 4.75. The van der Waals surface area contributed by atoms with Crippen molar-refractivity contribution in [2.75, 3.05) is 5.73 Å². The van der Waals surface area contributed by atoms with Crippen LogP contribution in [0.1, 0.15) is 5.56 Å². The Labute approximate surface area is 95.7 Å². The van der Waals surface area contributed by atoms with Gasteiger partial charge in [-0.3, -0.25) is 4.79 Å². The molecule has 2 aromatic rings. The number of rotatable bonds is 4. The normalized spacial score (nSPS) is 10.2. The van der Waals surface area contributed by atoms with Gasteiger partial charge in [0.2, 0.25) is 5.95 Å². The highest BCUT2D eigenvalue weighted by Gasteiger charge is 2.06. The van der Waals surface area contributed by atoms with Crippen LogP contribution < -0.4 is 5.73 Å². The second-order valence-electron chi connectivity index (χ2n) is 3.09. The Morgan fingerprint density at radius 3 is 3.12 bits per heavy atom. The number of hydrogen-bond acceptors (Lipinski definition) is 6. The highest BCUT2D eigenvalue weighted by atomic mass is 32.1.